The van der Waals surface area contributed by atoms with E-state index in [1.54, 1.807) is 13.8 Å². The van der Waals surface area contributed by atoms with Crippen molar-refractivity contribution in [1.82, 2.24) is 15.2 Å². The summed E-state index contributed by atoms with van der Waals surface area (Å²) in [6, 6.07) is 0. The minimum Gasteiger partial charge on any atom is -0.465 e. The lowest BCUT2D eigenvalue weighted by Gasteiger charge is -2.07. The average Bonchev–Trinajstić information content (AvgIpc) is 3.10. The molecule has 2 N–H and O–H groups in total. The van der Waals surface area contributed by atoms with Gasteiger partial charge in [-0.3, -0.25) is 4.79 Å². The van der Waals surface area contributed by atoms with Crippen LogP contribution >= 0.6 is 23.1 Å². The number of ether oxygens (including phenoxy) is 1. The number of carbonyl (C=O) groups excluding carboxylic acids is 2. The Kier molecular flexibility index (Phi) is 6.00. The number of esters is 1. The minimum absolute atomic E-state index is 0.0871. The van der Waals surface area contributed by atoms with Gasteiger partial charge in [-0.15, -0.1) is 10.2 Å². The number of rotatable bonds is 7. The summed E-state index contributed by atoms with van der Waals surface area (Å²) in [6.45, 7) is 8.06. The van der Waals surface area contributed by atoms with Crippen LogP contribution in [0.1, 0.15) is 46.0 Å². The topological polar surface area (TPSA) is 97.0 Å². The highest BCUT2D eigenvalue weighted by atomic mass is 32.2. The van der Waals surface area contributed by atoms with Gasteiger partial charge in [0.15, 0.2) is 10.1 Å². The normalized spacial score (nSPS) is 12.0. The molecule has 7 nitrogen and oxygen atoms in total. The first kappa shape index (κ1) is 18.5. The molecular formula is C15H20N4O3S2. The molecule has 0 radical (unpaired) electrons. The first-order valence-corrected chi connectivity index (χ1v) is 9.14. The molecule has 130 valence electrons. The van der Waals surface area contributed by atoms with Crippen molar-refractivity contribution in [3.05, 3.63) is 22.5 Å². The number of aromatic amines is 1. The molecule has 0 saturated carbocycles. The second-order valence-corrected chi connectivity index (χ2v) is 7.71. The van der Waals surface area contributed by atoms with Gasteiger partial charge in [-0.1, -0.05) is 23.1 Å². The van der Waals surface area contributed by atoms with Crippen LogP contribution in [0.4, 0.5) is 5.13 Å². The monoisotopic (exact) mass is 368 g/mol. The molecule has 2 rings (SSSR count). The van der Waals surface area contributed by atoms with Gasteiger partial charge >= 0.3 is 5.97 Å². The first-order valence-electron chi connectivity index (χ1n) is 7.44. The Balaban J connectivity index is 2.17. The van der Waals surface area contributed by atoms with Crippen LogP contribution in [0.3, 0.4) is 0 Å². The Hall–Kier alpha value is -1.87. The van der Waals surface area contributed by atoms with E-state index in [4.69, 9.17) is 4.74 Å². The molecule has 2 aromatic rings. The number of aromatic nitrogens is 3. The van der Waals surface area contributed by atoms with Gasteiger partial charge < -0.3 is 15.0 Å². The molecule has 0 aliphatic carbocycles. The molecule has 0 aromatic carbocycles. The lowest BCUT2D eigenvalue weighted by atomic mass is 10.1. The number of methoxy groups -OCH3 is 1. The van der Waals surface area contributed by atoms with Gasteiger partial charge in [0.2, 0.25) is 5.13 Å². The maximum atomic E-state index is 12.7. The third-order valence-electron chi connectivity index (χ3n) is 3.45. The molecule has 2 aromatic heterocycles. The lowest BCUT2D eigenvalue weighted by molar-refractivity contribution is 0.0599. The predicted molar refractivity (Wildman–Crippen MR) is 95.3 cm³/mol. The van der Waals surface area contributed by atoms with E-state index in [2.05, 4.69) is 20.5 Å². The summed E-state index contributed by atoms with van der Waals surface area (Å²) in [5.41, 5.74) is 2.10. The molecule has 0 amide bonds. The fourth-order valence-electron chi connectivity index (χ4n) is 2.29. The van der Waals surface area contributed by atoms with Crippen LogP contribution in [0.15, 0.2) is 4.34 Å². The maximum Gasteiger partial charge on any atom is 0.339 e. The number of ketones is 1. The fraction of sp³-hybridized carbons (Fsp3) is 0.467. The Morgan fingerprint density at radius 3 is 2.71 bits per heavy atom. The van der Waals surface area contributed by atoms with Gasteiger partial charge in [-0.25, -0.2) is 4.79 Å². The van der Waals surface area contributed by atoms with Crippen LogP contribution in [0.2, 0.25) is 0 Å². The summed E-state index contributed by atoms with van der Waals surface area (Å²) in [5, 5.41) is 11.6. The standard InChI is InChI=1S/C15H20N4O3S2/c1-6-16-14-18-19-15(24-14)23-9(4)12(20)11-7(2)10(8(3)17-11)13(21)22-5/h9,17H,6H2,1-5H3,(H,16,18)/t9-/m0/s1. The Morgan fingerprint density at radius 1 is 1.38 bits per heavy atom. The van der Waals surface area contributed by atoms with E-state index in [9.17, 15) is 9.59 Å². The second kappa shape index (κ2) is 7.80. The summed E-state index contributed by atoms with van der Waals surface area (Å²) in [6.07, 6.45) is 0. The fourth-order valence-corrected chi connectivity index (χ4v) is 4.32. The summed E-state index contributed by atoms with van der Waals surface area (Å²) in [7, 11) is 1.32. The van der Waals surface area contributed by atoms with Gasteiger partial charge in [0.25, 0.3) is 0 Å². The van der Waals surface area contributed by atoms with Gasteiger partial charge in [0.05, 0.1) is 23.6 Å². The van der Waals surface area contributed by atoms with Crippen molar-refractivity contribution in [3.8, 4) is 0 Å². The Labute approximate surface area is 148 Å². The third-order valence-corrected chi connectivity index (χ3v) is 5.52. The van der Waals surface area contributed by atoms with Crippen LogP contribution in [-0.2, 0) is 4.74 Å². The van der Waals surface area contributed by atoms with Crippen LogP contribution in [0.25, 0.3) is 0 Å². The highest BCUT2D eigenvalue weighted by molar-refractivity contribution is 8.02. The van der Waals surface area contributed by atoms with Gasteiger partial charge in [0, 0.05) is 12.2 Å². The molecule has 0 aliphatic heterocycles. The number of thioether (sulfide) groups is 1. The summed E-state index contributed by atoms with van der Waals surface area (Å²) in [5.74, 6) is -0.532. The van der Waals surface area contributed by atoms with Gasteiger partial charge in [0.1, 0.15) is 0 Å². The molecule has 0 unspecified atom stereocenters. The SMILES string of the molecule is CCNc1nnc(S[C@@H](C)C(=O)c2[nH]c(C)c(C(=O)OC)c2C)s1. The van der Waals surface area contributed by atoms with E-state index in [1.165, 1.54) is 30.2 Å². The van der Waals surface area contributed by atoms with Crippen molar-refractivity contribution < 1.29 is 14.3 Å². The molecule has 9 heteroatoms. The van der Waals surface area contributed by atoms with E-state index in [0.717, 1.165) is 16.0 Å². The number of aryl methyl sites for hydroxylation is 1. The highest BCUT2D eigenvalue weighted by Crippen LogP contribution is 2.31. The zero-order chi connectivity index (χ0) is 17.9. The molecule has 0 spiro atoms. The zero-order valence-electron chi connectivity index (χ0n) is 14.2. The number of hydrogen-bond donors (Lipinski definition) is 2. The number of carbonyl (C=O) groups is 2. The molecule has 0 bridgehead atoms. The van der Waals surface area contributed by atoms with Crippen LogP contribution in [-0.4, -0.2) is 45.8 Å². The Bertz CT molecular complexity index is 754. The first-order chi connectivity index (χ1) is 11.4. The van der Waals surface area contributed by atoms with Gasteiger partial charge in [-0.2, -0.15) is 0 Å². The summed E-state index contributed by atoms with van der Waals surface area (Å²) >= 11 is 2.76. The van der Waals surface area contributed by atoms with E-state index in [0.29, 0.717) is 22.5 Å². The number of Topliss-reactive ketones (excluding diaryl/α,β-unsaturated/α-hetero) is 1. The second-order valence-electron chi connectivity index (χ2n) is 5.14. The zero-order valence-corrected chi connectivity index (χ0v) is 15.9. The predicted octanol–water partition coefficient (Wildman–Crippen LogP) is 3.06. The quantitative estimate of drug-likeness (QED) is 0.440. The number of nitrogens with one attached hydrogen (secondary N) is 2. The number of H-pyrrole nitrogens is 1. The Morgan fingerprint density at radius 2 is 2.08 bits per heavy atom. The van der Waals surface area contributed by atoms with Crippen molar-refractivity contribution in [3.63, 3.8) is 0 Å². The molecule has 2 heterocycles. The smallest absolute Gasteiger partial charge is 0.339 e. The summed E-state index contributed by atoms with van der Waals surface area (Å²) in [4.78, 5) is 27.6. The van der Waals surface area contributed by atoms with E-state index in [-0.39, 0.29) is 11.0 Å². The third kappa shape index (κ3) is 3.78. The van der Waals surface area contributed by atoms with E-state index >= 15 is 0 Å². The lowest BCUT2D eigenvalue weighted by Crippen LogP contribution is -2.15. The van der Waals surface area contributed by atoms with Crippen molar-refractivity contribution in [1.29, 1.82) is 0 Å². The number of hydrogen-bond acceptors (Lipinski definition) is 8. The van der Waals surface area contributed by atoms with Crippen molar-refractivity contribution in [2.75, 3.05) is 19.0 Å². The van der Waals surface area contributed by atoms with Crippen molar-refractivity contribution in [2.45, 2.75) is 37.3 Å². The molecular weight excluding hydrogens is 348 g/mol. The highest BCUT2D eigenvalue weighted by Gasteiger charge is 2.26. The molecule has 24 heavy (non-hydrogen) atoms. The largest absolute Gasteiger partial charge is 0.465 e. The van der Waals surface area contributed by atoms with E-state index < -0.39 is 5.97 Å². The van der Waals surface area contributed by atoms with Crippen molar-refractivity contribution >= 4 is 40.0 Å². The molecule has 0 saturated heterocycles. The molecule has 1 atom stereocenters. The van der Waals surface area contributed by atoms with Gasteiger partial charge in [-0.05, 0) is 33.3 Å². The van der Waals surface area contributed by atoms with Crippen LogP contribution in [0.5, 0.6) is 0 Å². The summed E-state index contributed by atoms with van der Waals surface area (Å²) < 4.78 is 5.50. The minimum atomic E-state index is -0.444. The van der Waals surface area contributed by atoms with Crippen LogP contribution in [0, 0.1) is 13.8 Å². The van der Waals surface area contributed by atoms with E-state index in [1.807, 2.05) is 13.8 Å². The maximum absolute atomic E-state index is 12.7. The van der Waals surface area contributed by atoms with Crippen LogP contribution < -0.4 is 5.32 Å². The number of nitrogens with zero attached hydrogens (tertiary/aromatic N) is 2. The number of anilines is 1. The average molecular weight is 368 g/mol. The molecule has 0 aliphatic rings. The molecule has 0 fully saturated rings. The van der Waals surface area contributed by atoms with Crippen molar-refractivity contribution in [2.24, 2.45) is 0 Å².